The number of nitrogens with one attached hydrogen (secondary N) is 2. The molecule has 1 aromatic heterocycles. The molecule has 0 saturated carbocycles. The zero-order valence-corrected chi connectivity index (χ0v) is 13.6. The zero-order chi connectivity index (χ0) is 17.7. The number of methoxy groups -OCH3 is 1. The lowest BCUT2D eigenvalue weighted by atomic mass is 10.2. The molecule has 2 aromatic rings. The average Bonchev–Trinajstić information content (AvgIpc) is 2.54. The fourth-order valence-corrected chi connectivity index (χ4v) is 1.93. The molecule has 0 spiro atoms. The van der Waals surface area contributed by atoms with E-state index >= 15 is 0 Å². The number of benzene rings is 1. The summed E-state index contributed by atoms with van der Waals surface area (Å²) in [4.78, 5) is 7.67. The molecule has 1 atom stereocenters. The van der Waals surface area contributed by atoms with Crippen LogP contribution in [0, 0.1) is 0 Å². The van der Waals surface area contributed by atoms with Gasteiger partial charge in [0.2, 0.25) is 5.95 Å². The zero-order valence-electron chi connectivity index (χ0n) is 13.6. The summed E-state index contributed by atoms with van der Waals surface area (Å²) in [6.45, 7) is 3.76. The van der Waals surface area contributed by atoms with Gasteiger partial charge >= 0.3 is 6.18 Å². The Kier molecular flexibility index (Phi) is 5.48. The fourth-order valence-electron chi connectivity index (χ4n) is 1.93. The van der Waals surface area contributed by atoms with Crippen molar-refractivity contribution in [1.82, 2.24) is 9.97 Å². The summed E-state index contributed by atoms with van der Waals surface area (Å²) in [5, 5.41) is 5.72. The number of para-hydroxylation sites is 2. The minimum Gasteiger partial charge on any atom is -0.495 e. The Morgan fingerprint density at radius 2 is 1.92 bits per heavy atom. The average molecular weight is 340 g/mol. The van der Waals surface area contributed by atoms with Crippen LogP contribution in [0.15, 0.2) is 30.3 Å². The van der Waals surface area contributed by atoms with E-state index in [0.29, 0.717) is 11.4 Å². The van der Waals surface area contributed by atoms with Crippen LogP contribution < -0.4 is 15.4 Å². The second kappa shape index (κ2) is 7.37. The van der Waals surface area contributed by atoms with Gasteiger partial charge in [0, 0.05) is 12.1 Å². The van der Waals surface area contributed by atoms with E-state index in [2.05, 4.69) is 20.6 Å². The molecule has 1 aromatic carbocycles. The van der Waals surface area contributed by atoms with E-state index in [1.807, 2.05) is 13.8 Å². The lowest BCUT2D eigenvalue weighted by molar-refractivity contribution is -0.141. The van der Waals surface area contributed by atoms with E-state index in [1.165, 1.54) is 7.11 Å². The standard InChI is InChI=1S/C16H19F3N4O/c1-4-10(2)20-15-22-13(16(17,18)19)9-14(23-15)21-11-7-5-6-8-12(11)24-3/h5-10H,4H2,1-3H3,(H2,20,21,22,23)/t10-/m0/s1. The second-order valence-electron chi connectivity index (χ2n) is 5.24. The van der Waals surface area contributed by atoms with Crippen LogP contribution in [-0.4, -0.2) is 23.1 Å². The maximum atomic E-state index is 13.1. The second-order valence-corrected chi connectivity index (χ2v) is 5.24. The lowest BCUT2D eigenvalue weighted by Crippen LogP contribution is -2.18. The number of hydrogen-bond donors (Lipinski definition) is 2. The minimum atomic E-state index is -4.56. The van der Waals surface area contributed by atoms with Crippen molar-refractivity contribution in [3.63, 3.8) is 0 Å². The lowest BCUT2D eigenvalue weighted by Gasteiger charge is -2.16. The number of ether oxygens (including phenoxy) is 1. The van der Waals surface area contributed by atoms with Crippen molar-refractivity contribution >= 4 is 17.5 Å². The maximum absolute atomic E-state index is 13.1. The Morgan fingerprint density at radius 1 is 1.21 bits per heavy atom. The summed E-state index contributed by atoms with van der Waals surface area (Å²) >= 11 is 0. The highest BCUT2D eigenvalue weighted by Gasteiger charge is 2.34. The van der Waals surface area contributed by atoms with Gasteiger partial charge in [-0.25, -0.2) is 4.98 Å². The summed E-state index contributed by atoms with van der Waals surface area (Å²) in [7, 11) is 1.48. The summed E-state index contributed by atoms with van der Waals surface area (Å²) < 4.78 is 44.4. The molecule has 0 saturated heterocycles. The molecule has 0 aliphatic carbocycles. The Hall–Kier alpha value is -2.51. The molecule has 2 N–H and O–H groups in total. The third kappa shape index (κ3) is 4.50. The largest absolute Gasteiger partial charge is 0.495 e. The van der Waals surface area contributed by atoms with Crippen LogP contribution >= 0.6 is 0 Å². The third-order valence-corrected chi connectivity index (χ3v) is 3.37. The number of aromatic nitrogens is 2. The molecule has 0 aliphatic heterocycles. The molecule has 0 amide bonds. The first kappa shape index (κ1) is 17.8. The molecule has 1 heterocycles. The number of hydrogen-bond acceptors (Lipinski definition) is 5. The summed E-state index contributed by atoms with van der Waals surface area (Å²) in [5.41, 5.74) is -0.498. The summed E-state index contributed by atoms with van der Waals surface area (Å²) in [5.74, 6) is 0.463. The number of nitrogens with zero attached hydrogens (tertiary/aromatic N) is 2. The predicted molar refractivity (Wildman–Crippen MR) is 86.7 cm³/mol. The molecule has 0 unspecified atom stereocenters. The van der Waals surface area contributed by atoms with Gasteiger partial charge in [-0.2, -0.15) is 18.2 Å². The maximum Gasteiger partial charge on any atom is 0.433 e. The van der Waals surface area contributed by atoms with E-state index in [9.17, 15) is 13.2 Å². The number of anilines is 3. The van der Waals surface area contributed by atoms with Gasteiger partial charge < -0.3 is 15.4 Å². The van der Waals surface area contributed by atoms with E-state index in [1.54, 1.807) is 24.3 Å². The Balaban J connectivity index is 2.39. The van der Waals surface area contributed by atoms with Gasteiger partial charge in [-0.1, -0.05) is 19.1 Å². The van der Waals surface area contributed by atoms with Crippen molar-refractivity contribution in [3.05, 3.63) is 36.0 Å². The van der Waals surface area contributed by atoms with Crippen molar-refractivity contribution in [2.24, 2.45) is 0 Å². The highest BCUT2D eigenvalue weighted by molar-refractivity contribution is 5.64. The molecule has 130 valence electrons. The molecular weight excluding hydrogens is 321 g/mol. The first-order chi connectivity index (χ1) is 11.3. The van der Waals surface area contributed by atoms with Crippen LogP contribution in [-0.2, 0) is 6.18 Å². The Bertz CT molecular complexity index is 691. The van der Waals surface area contributed by atoms with Crippen LogP contribution in [0.1, 0.15) is 26.0 Å². The fraction of sp³-hybridized carbons (Fsp3) is 0.375. The third-order valence-electron chi connectivity index (χ3n) is 3.37. The van der Waals surface area contributed by atoms with Crippen LogP contribution in [0.5, 0.6) is 5.75 Å². The van der Waals surface area contributed by atoms with E-state index < -0.39 is 11.9 Å². The highest BCUT2D eigenvalue weighted by Crippen LogP contribution is 2.32. The SMILES string of the molecule is CC[C@H](C)Nc1nc(Nc2ccccc2OC)cc(C(F)(F)F)n1. The smallest absolute Gasteiger partial charge is 0.433 e. The first-order valence-electron chi connectivity index (χ1n) is 7.46. The summed E-state index contributed by atoms with van der Waals surface area (Å²) in [6, 6.07) is 7.72. The Labute approximate surface area is 138 Å². The number of halogens is 3. The van der Waals surface area contributed by atoms with Crippen LogP contribution in [0.25, 0.3) is 0 Å². The van der Waals surface area contributed by atoms with Crippen molar-refractivity contribution in [3.8, 4) is 5.75 Å². The monoisotopic (exact) mass is 340 g/mol. The van der Waals surface area contributed by atoms with Crippen molar-refractivity contribution in [2.45, 2.75) is 32.5 Å². The number of alkyl halides is 3. The number of rotatable bonds is 6. The molecule has 0 bridgehead atoms. The van der Waals surface area contributed by atoms with Gasteiger partial charge in [-0.15, -0.1) is 0 Å². The van der Waals surface area contributed by atoms with E-state index in [0.717, 1.165) is 12.5 Å². The highest BCUT2D eigenvalue weighted by atomic mass is 19.4. The van der Waals surface area contributed by atoms with Gasteiger partial charge in [0.25, 0.3) is 0 Å². The molecule has 0 fully saturated rings. The van der Waals surface area contributed by atoms with Crippen molar-refractivity contribution < 1.29 is 17.9 Å². The van der Waals surface area contributed by atoms with E-state index in [4.69, 9.17) is 4.74 Å². The molecule has 2 rings (SSSR count). The predicted octanol–water partition coefficient (Wildman–Crippen LogP) is 4.46. The normalized spacial score (nSPS) is 12.6. The topological polar surface area (TPSA) is 59.1 Å². The van der Waals surface area contributed by atoms with Gasteiger partial charge in [-0.05, 0) is 25.5 Å². The molecule has 0 radical (unpaired) electrons. The quantitative estimate of drug-likeness (QED) is 0.813. The van der Waals surface area contributed by atoms with Gasteiger partial charge in [-0.3, -0.25) is 0 Å². The van der Waals surface area contributed by atoms with Gasteiger partial charge in [0.15, 0.2) is 5.69 Å². The van der Waals surface area contributed by atoms with Crippen LogP contribution in [0.4, 0.5) is 30.6 Å². The van der Waals surface area contributed by atoms with Gasteiger partial charge in [0.1, 0.15) is 11.6 Å². The van der Waals surface area contributed by atoms with Crippen molar-refractivity contribution in [2.75, 3.05) is 17.7 Å². The molecule has 24 heavy (non-hydrogen) atoms. The first-order valence-corrected chi connectivity index (χ1v) is 7.46. The van der Waals surface area contributed by atoms with Crippen LogP contribution in [0.2, 0.25) is 0 Å². The molecule has 8 heteroatoms. The minimum absolute atomic E-state index is 0.0348. The van der Waals surface area contributed by atoms with Crippen LogP contribution in [0.3, 0.4) is 0 Å². The summed E-state index contributed by atoms with van der Waals surface area (Å²) in [6.07, 6.45) is -3.83. The van der Waals surface area contributed by atoms with Gasteiger partial charge in [0.05, 0.1) is 12.8 Å². The van der Waals surface area contributed by atoms with E-state index in [-0.39, 0.29) is 17.8 Å². The molecular formula is C16H19F3N4O. The Morgan fingerprint density at radius 3 is 2.54 bits per heavy atom. The van der Waals surface area contributed by atoms with Crippen molar-refractivity contribution in [1.29, 1.82) is 0 Å². The molecule has 5 nitrogen and oxygen atoms in total. The molecule has 0 aliphatic rings.